The van der Waals surface area contributed by atoms with Gasteiger partial charge >= 0.3 is 6.18 Å². The molecule has 0 saturated carbocycles. The first-order valence-electron chi connectivity index (χ1n) is 4.50. The molecule has 90 valence electrons. The van der Waals surface area contributed by atoms with Gasteiger partial charge in [0, 0.05) is 5.02 Å². The molecule has 0 saturated heterocycles. The molecule has 2 nitrogen and oxygen atoms in total. The van der Waals surface area contributed by atoms with Gasteiger partial charge in [-0.25, -0.2) is 0 Å². The van der Waals surface area contributed by atoms with E-state index in [4.69, 9.17) is 22.4 Å². The number of nitrogens with two attached hydrogens (primary N) is 1. The first-order chi connectivity index (χ1) is 7.23. The second-order valence-electron chi connectivity index (χ2n) is 3.52. The molecule has 1 rings (SSSR count). The molecule has 0 heterocycles. The highest BCUT2D eigenvalue weighted by atomic mass is 35.5. The second kappa shape index (κ2) is 4.61. The smallest absolute Gasteiger partial charge is 0.382 e. The van der Waals surface area contributed by atoms with Gasteiger partial charge in [0.1, 0.15) is 0 Å². The first-order valence-corrected chi connectivity index (χ1v) is 4.87. The summed E-state index contributed by atoms with van der Waals surface area (Å²) >= 11 is 5.76. The van der Waals surface area contributed by atoms with Crippen molar-refractivity contribution in [1.82, 2.24) is 0 Å². The number of alkyl halides is 3. The van der Waals surface area contributed by atoms with E-state index in [2.05, 4.69) is 0 Å². The zero-order valence-electron chi connectivity index (χ0n) is 8.42. The van der Waals surface area contributed by atoms with E-state index in [1.165, 1.54) is 12.1 Å². The third-order valence-electron chi connectivity index (χ3n) is 2.26. The zero-order valence-corrected chi connectivity index (χ0v) is 9.18. The Balaban J connectivity index is 2.97. The van der Waals surface area contributed by atoms with Crippen LogP contribution in [0.3, 0.4) is 0 Å². The highest BCUT2D eigenvalue weighted by molar-refractivity contribution is 6.31. The quantitative estimate of drug-likeness (QED) is 0.851. The Morgan fingerprint density at radius 2 is 1.94 bits per heavy atom. The van der Waals surface area contributed by atoms with Gasteiger partial charge in [0.25, 0.3) is 0 Å². The van der Waals surface area contributed by atoms with E-state index in [1.54, 1.807) is 13.0 Å². The van der Waals surface area contributed by atoms with Crippen molar-refractivity contribution in [3.05, 3.63) is 34.3 Å². The van der Waals surface area contributed by atoms with E-state index >= 15 is 0 Å². The summed E-state index contributed by atoms with van der Waals surface area (Å²) in [6, 6.07) is 2.77. The molecule has 2 atom stereocenters. The van der Waals surface area contributed by atoms with Crippen molar-refractivity contribution >= 4 is 11.6 Å². The Bertz CT molecular complexity index is 381. The van der Waals surface area contributed by atoms with Crippen molar-refractivity contribution in [2.24, 2.45) is 5.73 Å². The summed E-state index contributed by atoms with van der Waals surface area (Å²) in [5, 5.41) is 9.30. The maximum atomic E-state index is 12.2. The minimum Gasteiger partial charge on any atom is -0.382 e. The van der Waals surface area contributed by atoms with Gasteiger partial charge in [-0.15, -0.1) is 0 Å². The van der Waals surface area contributed by atoms with Crippen molar-refractivity contribution in [2.45, 2.75) is 25.2 Å². The van der Waals surface area contributed by atoms with Gasteiger partial charge < -0.3 is 10.8 Å². The largest absolute Gasteiger partial charge is 0.416 e. The zero-order chi connectivity index (χ0) is 12.5. The number of aliphatic hydroxyl groups excluding tert-OH is 1. The first kappa shape index (κ1) is 13.3. The molecule has 16 heavy (non-hydrogen) atoms. The number of aliphatic hydroxyl groups is 1. The van der Waals surface area contributed by atoms with Gasteiger partial charge in [-0.1, -0.05) is 23.7 Å². The topological polar surface area (TPSA) is 46.2 Å². The van der Waals surface area contributed by atoms with Crippen LogP contribution in [0, 0.1) is 6.92 Å². The Morgan fingerprint density at radius 1 is 1.38 bits per heavy atom. The average Bonchev–Trinajstić information content (AvgIpc) is 2.18. The molecule has 0 unspecified atom stereocenters. The van der Waals surface area contributed by atoms with Gasteiger partial charge in [0.15, 0.2) is 6.10 Å². The monoisotopic (exact) mass is 253 g/mol. The molecule has 0 bridgehead atoms. The molecule has 0 aliphatic carbocycles. The molecule has 0 amide bonds. The molecule has 0 fully saturated rings. The highest BCUT2D eigenvalue weighted by Crippen LogP contribution is 2.30. The molecule has 1 aromatic rings. The molecule has 3 N–H and O–H groups in total. The van der Waals surface area contributed by atoms with E-state index in [-0.39, 0.29) is 5.56 Å². The van der Waals surface area contributed by atoms with Gasteiger partial charge in [0.2, 0.25) is 0 Å². The minimum atomic E-state index is -4.74. The van der Waals surface area contributed by atoms with Crippen molar-refractivity contribution in [1.29, 1.82) is 0 Å². The Hall–Kier alpha value is -0.780. The van der Waals surface area contributed by atoms with Crippen LogP contribution in [-0.2, 0) is 0 Å². The maximum absolute atomic E-state index is 12.2. The van der Waals surface area contributed by atoms with Crippen LogP contribution >= 0.6 is 11.6 Å². The molecular formula is C10H11ClF3NO. The predicted molar refractivity (Wildman–Crippen MR) is 55.2 cm³/mol. The van der Waals surface area contributed by atoms with Crippen LogP contribution in [0.1, 0.15) is 17.2 Å². The number of benzene rings is 1. The van der Waals surface area contributed by atoms with E-state index in [1.807, 2.05) is 0 Å². The van der Waals surface area contributed by atoms with Crippen LogP contribution < -0.4 is 5.73 Å². The van der Waals surface area contributed by atoms with E-state index < -0.39 is 18.3 Å². The third kappa shape index (κ3) is 2.87. The summed E-state index contributed by atoms with van der Waals surface area (Å²) in [5.41, 5.74) is 6.20. The maximum Gasteiger partial charge on any atom is 0.416 e. The summed E-state index contributed by atoms with van der Waals surface area (Å²) in [7, 11) is 0. The van der Waals surface area contributed by atoms with Crippen molar-refractivity contribution < 1.29 is 18.3 Å². The van der Waals surface area contributed by atoms with Gasteiger partial charge in [-0.05, 0) is 24.1 Å². The summed E-state index contributed by atoms with van der Waals surface area (Å²) in [5.74, 6) is 0. The van der Waals surface area contributed by atoms with Gasteiger partial charge in [0.05, 0.1) is 6.04 Å². The summed E-state index contributed by atoms with van der Waals surface area (Å²) < 4.78 is 36.6. The fourth-order valence-electron chi connectivity index (χ4n) is 1.20. The highest BCUT2D eigenvalue weighted by Gasteiger charge is 2.42. The molecule has 0 radical (unpaired) electrons. The lowest BCUT2D eigenvalue weighted by molar-refractivity contribution is -0.210. The van der Waals surface area contributed by atoms with Gasteiger partial charge in [-0.2, -0.15) is 13.2 Å². The Morgan fingerprint density at radius 3 is 2.38 bits per heavy atom. The average molecular weight is 254 g/mol. The van der Waals surface area contributed by atoms with Crippen LogP contribution in [0.15, 0.2) is 18.2 Å². The normalized spacial score (nSPS) is 15.9. The summed E-state index contributed by atoms with van der Waals surface area (Å²) in [6.07, 6.45) is -7.33. The predicted octanol–water partition coefficient (Wildman–Crippen LogP) is 2.57. The van der Waals surface area contributed by atoms with E-state index in [0.29, 0.717) is 5.02 Å². The molecule has 1 aromatic carbocycles. The Kier molecular flexibility index (Phi) is 3.83. The molecular weight excluding hydrogens is 243 g/mol. The summed E-state index contributed by atoms with van der Waals surface area (Å²) in [4.78, 5) is 0. The molecule has 6 heteroatoms. The molecule has 0 spiro atoms. The van der Waals surface area contributed by atoms with Crippen molar-refractivity contribution in [3.63, 3.8) is 0 Å². The lowest BCUT2D eigenvalue weighted by Crippen LogP contribution is -2.38. The van der Waals surface area contributed by atoms with Crippen LogP contribution in [-0.4, -0.2) is 17.4 Å². The van der Waals surface area contributed by atoms with Crippen LogP contribution in [0.25, 0.3) is 0 Å². The number of hydrogen-bond donors (Lipinski definition) is 2. The van der Waals surface area contributed by atoms with Crippen LogP contribution in [0.2, 0.25) is 5.02 Å². The van der Waals surface area contributed by atoms with Crippen molar-refractivity contribution in [2.75, 3.05) is 0 Å². The third-order valence-corrected chi connectivity index (χ3v) is 2.66. The van der Waals surface area contributed by atoms with Gasteiger partial charge in [-0.3, -0.25) is 0 Å². The lowest BCUT2D eigenvalue weighted by Gasteiger charge is -2.21. The summed E-state index contributed by atoms with van der Waals surface area (Å²) in [6.45, 7) is 1.72. The fourth-order valence-corrected chi connectivity index (χ4v) is 1.39. The fraction of sp³-hybridized carbons (Fsp3) is 0.400. The van der Waals surface area contributed by atoms with Crippen LogP contribution in [0.5, 0.6) is 0 Å². The SMILES string of the molecule is Cc1ccc([C@@H](N)[C@@H](O)C(F)(F)F)cc1Cl. The lowest BCUT2D eigenvalue weighted by atomic mass is 10.0. The second-order valence-corrected chi connectivity index (χ2v) is 3.93. The standard InChI is InChI=1S/C10H11ClF3NO/c1-5-2-3-6(4-7(5)11)8(15)9(16)10(12,13)14/h2-4,8-9,16H,15H2,1H3/t8-,9-/m1/s1. The molecule has 0 aliphatic rings. The Labute approximate surface area is 95.8 Å². The van der Waals surface area contributed by atoms with Crippen molar-refractivity contribution in [3.8, 4) is 0 Å². The number of halogens is 4. The number of aryl methyl sites for hydroxylation is 1. The molecule has 0 aliphatic heterocycles. The number of rotatable bonds is 2. The van der Waals surface area contributed by atoms with E-state index in [0.717, 1.165) is 5.56 Å². The molecule has 0 aromatic heterocycles. The number of hydrogen-bond acceptors (Lipinski definition) is 2. The minimum absolute atomic E-state index is 0.153. The van der Waals surface area contributed by atoms with E-state index in [9.17, 15) is 13.2 Å². The van der Waals surface area contributed by atoms with Crippen LogP contribution in [0.4, 0.5) is 13.2 Å².